The summed E-state index contributed by atoms with van der Waals surface area (Å²) >= 11 is 5.55. The van der Waals surface area contributed by atoms with Crippen LogP contribution in [0.5, 0.6) is 0 Å². The van der Waals surface area contributed by atoms with Gasteiger partial charge in [-0.25, -0.2) is 9.99 Å². The van der Waals surface area contributed by atoms with Crippen molar-refractivity contribution in [2.24, 2.45) is 5.10 Å². The van der Waals surface area contributed by atoms with Crippen LogP contribution < -0.4 is 9.91 Å². The van der Waals surface area contributed by atoms with E-state index in [-0.39, 0.29) is 6.04 Å². The molecule has 180 valence electrons. The lowest BCUT2D eigenvalue weighted by Crippen LogP contribution is -2.38. The Bertz CT molecular complexity index is 1240. The molecule has 6 rings (SSSR count). The molecule has 2 aromatic carbocycles. The van der Waals surface area contributed by atoms with Gasteiger partial charge >= 0.3 is 0 Å². The highest BCUT2D eigenvalue weighted by molar-refractivity contribution is 9.10. The van der Waals surface area contributed by atoms with Gasteiger partial charge in [0.2, 0.25) is 5.95 Å². The number of aromatic nitrogens is 2. The SMILES string of the molecule is Cc1ccc(C2=NN(c3nc4c(c(N5CCOCC5)n3)CSCC4)C(c3ccc(Br)cc3)C2)cc1. The molecule has 3 aliphatic rings. The van der Waals surface area contributed by atoms with Crippen LogP contribution in [-0.2, 0) is 16.9 Å². The van der Waals surface area contributed by atoms with Crippen molar-refractivity contribution in [1.82, 2.24) is 9.97 Å². The van der Waals surface area contributed by atoms with E-state index in [0.717, 1.165) is 72.2 Å². The van der Waals surface area contributed by atoms with E-state index >= 15 is 0 Å². The van der Waals surface area contributed by atoms with Gasteiger partial charge in [0.25, 0.3) is 0 Å². The monoisotopic (exact) mass is 549 g/mol. The van der Waals surface area contributed by atoms with E-state index in [1.165, 1.54) is 22.4 Å². The van der Waals surface area contributed by atoms with Crippen LogP contribution in [-0.4, -0.2) is 47.7 Å². The minimum atomic E-state index is 0.0490. The first-order chi connectivity index (χ1) is 17.2. The van der Waals surface area contributed by atoms with Crippen LogP contribution in [0.3, 0.4) is 0 Å². The van der Waals surface area contributed by atoms with E-state index in [9.17, 15) is 0 Å². The zero-order valence-electron chi connectivity index (χ0n) is 19.8. The van der Waals surface area contributed by atoms with E-state index in [1.54, 1.807) is 0 Å². The molecule has 0 aliphatic carbocycles. The first kappa shape index (κ1) is 23.0. The summed E-state index contributed by atoms with van der Waals surface area (Å²) in [7, 11) is 0. The van der Waals surface area contributed by atoms with Crippen molar-refractivity contribution in [3.05, 3.63) is 81.0 Å². The van der Waals surface area contributed by atoms with E-state index in [0.29, 0.717) is 5.95 Å². The lowest BCUT2D eigenvalue weighted by atomic mass is 9.98. The number of hydrogen-bond donors (Lipinski definition) is 0. The highest BCUT2D eigenvalue weighted by atomic mass is 79.9. The van der Waals surface area contributed by atoms with Crippen molar-refractivity contribution >= 4 is 45.2 Å². The van der Waals surface area contributed by atoms with Gasteiger partial charge in [0, 0.05) is 35.3 Å². The third-order valence-corrected chi connectivity index (χ3v) is 8.37. The summed E-state index contributed by atoms with van der Waals surface area (Å²) in [4.78, 5) is 12.7. The number of hydrogen-bond acceptors (Lipinski definition) is 7. The van der Waals surface area contributed by atoms with Gasteiger partial charge in [0.15, 0.2) is 0 Å². The number of benzene rings is 2. The number of fused-ring (bicyclic) bond motifs is 1. The Kier molecular flexibility index (Phi) is 6.52. The zero-order chi connectivity index (χ0) is 23.8. The second kappa shape index (κ2) is 9.91. The average Bonchev–Trinajstić information content (AvgIpc) is 3.35. The van der Waals surface area contributed by atoms with Crippen molar-refractivity contribution in [2.75, 3.05) is 42.0 Å². The summed E-state index contributed by atoms with van der Waals surface area (Å²) in [5.41, 5.74) is 7.15. The van der Waals surface area contributed by atoms with E-state index in [4.69, 9.17) is 19.8 Å². The molecule has 35 heavy (non-hydrogen) atoms. The first-order valence-corrected chi connectivity index (χ1v) is 14.1. The van der Waals surface area contributed by atoms with Crippen molar-refractivity contribution in [3.8, 4) is 0 Å². The maximum Gasteiger partial charge on any atom is 0.249 e. The second-order valence-corrected chi connectivity index (χ2v) is 11.2. The Morgan fingerprint density at radius 1 is 1.00 bits per heavy atom. The van der Waals surface area contributed by atoms with Gasteiger partial charge in [-0.1, -0.05) is 57.9 Å². The fourth-order valence-electron chi connectivity index (χ4n) is 4.90. The molecule has 1 saturated heterocycles. The molecule has 0 N–H and O–H groups in total. The summed E-state index contributed by atoms with van der Waals surface area (Å²) < 4.78 is 6.70. The fraction of sp³-hybridized carbons (Fsp3) is 0.370. The molecule has 4 heterocycles. The number of hydrazone groups is 1. The van der Waals surface area contributed by atoms with Gasteiger partial charge in [-0.2, -0.15) is 21.8 Å². The van der Waals surface area contributed by atoms with Gasteiger partial charge in [0.05, 0.1) is 30.7 Å². The average molecular weight is 551 g/mol. The van der Waals surface area contributed by atoms with Gasteiger partial charge in [0.1, 0.15) is 5.82 Å². The number of rotatable bonds is 4. The highest BCUT2D eigenvalue weighted by Crippen LogP contribution is 2.39. The van der Waals surface area contributed by atoms with Crippen LogP contribution in [0.1, 0.15) is 40.4 Å². The Morgan fingerprint density at radius 3 is 2.54 bits per heavy atom. The molecule has 0 radical (unpaired) electrons. The van der Waals surface area contributed by atoms with Gasteiger partial charge in [-0.15, -0.1) is 0 Å². The number of nitrogens with zero attached hydrogens (tertiary/aromatic N) is 5. The Labute approximate surface area is 218 Å². The van der Waals surface area contributed by atoms with Crippen molar-refractivity contribution < 1.29 is 4.74 Å². The third-order valence-electron chi connectivity index (χ3n) is 6.85. The lowest BCUT2D eigenvalue weighted by molar-refractivity contribution is 0.122. The van der Waals surface area contributed by atoms with Crippen molar-refractivity contribution in [2.45, 2.75) is 31.6 Å². The van der Waals surface area contributed by atoms with Gasteiger partial charge in [-0.05, 0) is 42.4 Å². The molecular weight excluding hydrogens is 522 g/mol. The molecular formula is C27H28BrN5OS. The Balaban J connectivity index is 1.45. The predicted molar refractivity (Wildman–Crippen MR) is 147 cm³/mol. The highest BCUT2D eigenvalue weighted by Gasteiger charge is 2.33. The van der Waals surface area contributed by atoms with Crippen LogP contribution in [0.4, 0.5) is 11.8 Å². The van der Waals surface area contributed by atoms with Crippen molar-refractivity contribution in [1.29, 1.82) is 0 Å². The molecule has 0 spiro atoms. The van der Waals surface area contributed by atoms with Crippen LogP contribution in [0, 0.1) is 6.92 Å². The molecule has 3 aliphatic heterocycles. The number of thioether (sulfide) groups is 1. The summed E-state index contributed by atoms with van der Waals surface area (Å²) in [6.45, 7) is 5.32. The topological polar surface area (TPSA) is 53.9 Å². The quantitative estimate of drug-likeness (QED) is 0.426. The molecule has 1 unspecified atom stereocenters. The predicted octanol–water partition coefficient (Wildman–Crippen LogP) is 5.53. The van der Waals surface area contributed by atoms with Crippen LogP contribution in [0.15, 0.2) is 58.1 Å². The molecule has 1 aromatic heterocycles. The molecule has 1 atom stereocenters. The van der Waals surface area contributed by atoms with Crippen LogP contribution >= 0.6 is 27.7 Å². The van der Waals surface area contributed by atoms with Crippen LogP contribution in [0.25, 0.3) is 0 Å². The minimum Gasteiger partial charge on any atom is -0.378 e. The smallest absolute Gasteiger partial charge is 0.249 e. The standard InChI is InChI=1S/C27H28BrN5OS/c1-18-2-4-19(5-3-18)24-16-25(20-6-8-21(28)9-7-20)33(31-24)27-29-23-10-15-35-17-22(23)26(30-27)32-11-13-34-14-12-32/h2-9,25H,10-17H2,1H3. The second-order valence-electron chi connectivity index (χ2n) is 9.20. The molecule has 0 saturated carbocycles. The van der Waals surface area contributed by atoms with Crippen LogP contribution in [0.2, 0.25) is 0 Å². The molecule has 0 bridgehead atoms. The maximum atomic E-state index is 5.62. The summed E-state index contributed by atoms with van der Waals surface area (Å²) in [5, 5.41) is 7.20. The molecule has 1 fully saturated rings. The van der Waals surface area contributed by atoms with E-state index < -0.39 is 0 Å². The van der Waals surface area contributed by atoms with Crippen molar-refractivity contribution in [3.63, 3.8) is 0 Å². The molecule has 0 amide bonds. The zero-order valence-corrected chi connectivity index (χ0v) is 22.2. The number of ether oxygens (including phenoxy) is 1. The van der Waals surface area contributed by atoms with E-state index in [2.05, 4.69) is 81.3 Å². The number of morpholine rings is 1. The lowest BCUT2D eigenvalue weighted by Gasteiger charge is -2.32. The number of aryl methyl sites for hydroxylation is 2. The van der Waals surface area contributed by atoms with E-state index in [1.807, 2.05) is 11.8 Å². The Hall–Kier alpha value is -2.42. The minimum absolute atomic E-state index is 0.0490. The summed E-state index contributed by atoms with van der Waals surface area (Å²) in [6.07, 6.45) is 1.78. The van der Waals surface area contributed by atoms with Gasteiger partial charge < -0.3 is 9.64 Å². The molecule has 3 aromatic rings. The third kappa shape index (κ3) is 4.71. The largest absolute Gasteiger partial charge is 0.378 e. The molecule has 6 nitrogen and oxygen atoms in total. The fourth-order valence-corrected chi connectivity index (χ4v) is 6.15. The number of halogens is 1. The summed E-state index contributed by atoms with van der Waals surface area (Å²) in [6, 6.07) is 17.2. The van der Waals surface area contributed by atoms with Gasteiger partial charge in [-0.3, -0.25) is 0 Å². The normalized spacial score (nSPS) is 20.1. The molecule has 8 heteroatoms. The maximum absolute atomic E-state index is 5.62. The summed E-state index contributed by atoms with van der Waals surface area (Å²) in [5.74, 6) is 3.83. The first-order valence-electron chi connectivity index (χ1n) is 12.1. The number of anilines is 2. The Morgan fingerprint density at radius 2 is 1.77 bits per heavy atom.